The molecule has 0 saturated heterocycles. The molecule has 2 rings (SSSR count). The fraction of sp³-hybridized carbons (Fsp3) is 0.533. The Hall–Kier alpha value is -2.85. The van der Waals surface area contributed by atoms with Crippen LogP contribution >= 0.6 is 0 Å². The summed E-state index contributed by atoms with van der Waals surface area (Å²) in [6, 6.07) is -0.463. The van der Waals surface area contributed by atoms with Crippen LogP contribution in [0.2, 0.25) is 0 Å². The number of allylic oxidation sites excluding steroid dienone is 4. The van der Waals surface area contributed by atoms with Crippen LogP contribution in [0.25, 0.3) is 0 Å². The van der Waals surface area contributed by atoms with Crippen LogP contribution in [0.15, 0.2) is 58.5 Å². The lowest BCUT2D eigenvalue weighted by Gasteiger charge is -2.29. The number of fused-ring (bicyclic) bond motifs is 2. The second-order valence-corrected chi connectivity index (χ2v) is 10.5. The summed E-state index contributed by atoms with van der Waals surface area (Å²) in [6.07, 6.45) is 8.96. The van der Waals surface area contributed by atoms with Crippen LogP contribution in [0.5, 0.6) is 0 Å². The van der Waals surface area contributed by atoms with Crippen molar-refractivity contribution in [2.24, 2.45) is 11.8 Å². The van der Waals surface area contributed by atoms with E-state index in [4.69, 9.17) is 9.47 Å². The topological polar surface area (TPSA) is 134 Å². The highest BCUT2D eigenvalue weighted by atomic mass is 16.5. The number of nitrogens with one attached hydrogen (secondary N) is 2. The number of aliphatic hydroxyl groups is 2. The number of rotatable bonds is 5. The van der Waals surface area contributed by atoms with Gasteiger partial charge in [0.05, 0.1) is 36.3 Å². The van der Waals surface area contributed by atoms with Crippen molar-refractivity contribution in [1.29, 1.82) is 0 Å². The van der Waals surface area contributed by atoms with Crippen LogP contribution in [-0.2, 0) is 23.9 Å². The minimum atomic E-state index is -0.815. The number of hydrogen-bond acceptors (Lipinski definition) is 8. The van der Waals surface area contributed by atoms with E-state index < -0.39 is 35.7 Å². The number of ketones is 2. The van der Waals surface area contributed by atoms with Crippen molar-refractivity contribution >= 4 is 17.5 Å². The minimum absolute atomic E-state index is 0.107. The molecule has 0 saturated carbocycles. The van der Waals surface area contributed by atoms with E-state index in [1.165, 1.54) is 7.11 Å². The molecule has 2 aliphatic rings. The van der Waals surface area contributed by atoms with E-state index in [-0.39, 0.29) is 47.9 Å². The molecule has 9 heteroatoms. The van der Waals surface area contributed by atoms with E-state index >= 15 is 0 Å². The summed E-state index contributed by atoms with van der Waals surface area (Å²) in [4.78, 5) is 39.5. The Morgan fingerprint density at radius 2 is 1.85 bits per heavy atom. The van der Waals surface area contributed by atoms with Gasteiger partial charge in [-0.15, -0.1) is 0 Å². The smallest absolute Gasteiger partial charge is 0.251 e. The number of carbonyl (C=O) groups excluding carboxylic acids is 3. The SMILES string of the molecule is CO[C@H]1C[C@H](C)CC2=C(N[C@H](C)CO)C(=O)C=C(NC(=O)/C(C)=C\C=C\[C@@H](OC)[CH]/C(C)=C/[C@H](C)[C@H]1O)C2=O. The Morgan fingerprint density at radius 1 is 1.15 bits per heavy atom. The molecule has 1 heterocycles. The molecule has 1 aliphatic carbocycles. The molecule has 6 atom stereocenters. The van der Waals surface area contributed by atoms with Crippen LogP contribution < -0.4 is 10.6 Å². The van der Waals surface area contributed by atoms with Crippen LogP contribution in [0, 0.1) is 18.3 Å². The van der Waals surface area contributed by atoms with Gasteiger partial charge in [0.15, 0.2) is 0 Å². The highest BCUT2D eigenvalue weighted by Gasteiger charge is 2.33. The predicted octanol–water partition coefficient (Wildman–Crippen LogP) is 2.47. The van der Waals surface area contributed by atoms with Crippen molar-refractivity contribution in [3.05, 3.63) is 64.9 Å². The fourth-order valence-corrected chi connectivity index (χ4v) is 4.61. The lowest BCUT2D eigenvalue weighted by Crippen LogP contribution is -2.39. The van der Waals surface area contributed by atoms with Gasteiger partial charge in [-0.1, -0.05) is 43.7 Å². The zero-order valence-corrected chi connectivity index (χ0v) is 24.0. The van der Waals surface area contributed by atoms with E-state index in [1.54, 1.807) is 39.2 Å². The molecule has 1 radical (unpaired) electrons. The third-order valence-corrected chi connectivity index (χ3v) is 6.90. The van der Waals surface area contributed by atoms with Gasteiger partial charge in [0.1, 0.15) is 0 Å². The van der Waals surface area contributed by atoms with Crippen molar-refractivity contribution in [2.75, 3.05) is 20.8 Å². The first-order valence-electron chi connectivity index (χ1n) is 13.3. The Bertz CT molecular complexity index is 1070. The molecular weight excluding hydrogens is 500 g/mol. The van der Waals surface area contributed by atoms with Gasteiger partial charge in [-0.3, -0.25) is 14.4 Å². The van der Waals surface area contributed by atoms with Crippen molar-refractivity contribution < 1.29 is 34.1 Å². The van der Waals surface area contributed by atoms with E-state index in [1.807, 2.05) is 33.3 Å². The summed E-state index contributed by atoms with van der Waals surface area (Å²) in [6.45, 7) is 8.82. The third-order valence-electron chi connectivity index (χ3n) is 6.90. The molecule has 2 bridgehead atoms. The quantitative estimate of drug-likeness (QED) is 0.389. The van der Waals surface area contributed by atoms with E-state index in [2.05, 4.69) is 10.6 Å². The zero-order valence-electron chi connectivity index (χ0n) is 24.0. The molecule has 1 amide bonds. The van der Waals surface area contributed by atoms with E-state index in [9.17, 15) is 24.6 Å². The predicted molar refractivity (Wildman–Crippen MR) is 149 cm³/mol. The first kappa shape index (κ1) is 32.4. The average molecular weight is 544 g/mol. The largest absolute Gasteiger partial charge is 0.394 e. The monoisotopic (exact) mass is 543 g/mol. The van der Waals surface area contributed by atoms with Crippen LogP contribution in [0.3, 0.4) is 0 Å². The molecule has 215 valence electrons. The molecular formula is C30H43N2O7. The second-order valence-electron chi connectivity index (χ2n) is 10.5. The Morgan fingerprint density at radius 3 is 2.46 bits per heavy atom. The number of Topliss-reactive ketones (excluding diaryl/α,β-unsaturated/α-hetero) is 1. The maximum atomic E-state index is 13.5. The number of carbonyl (C=O) groups is 3. The summed E-state index contributed by atoms with van der Waals surface area (Å²) < 4.78 is 11.2. The highest BCUT2D eigenvalue weighted by Crippen LogP contribution is 2.28. The molecule has 0 unspecified atom stereocenters. The highest BCUT2D eigenvalue weighted by molar-refractivity contribution is 6.23. The van der Waals surface area contributed by atoms with Gasteiger partial charge < -0.3 is 30.3 Å². The molecule has 0 aromatic carbocycles. The molecule has 0 aromatic rings. The Balaban J connectivity index is 2.54. The van der Waals surface area contributed by atoms with Gasteiger partial charge in [-0.25, -0.2) is 0 Å². The minimum Gasteiger partial charge on any atom is -0.394 e. The van der Waals surface area contributed by atoms with Gasteiger partial charge in [0.25, 0.3) is 5.91 Å². The molecule has 0 spiro atoms. The van der Waals surface area contributed by atoms with Gasteiger partial charge in [-0.05, 0) is 39.5 Å². The molecule has 0 aromatic heterocycles. The fourth-order valence-electron chi connectivity index (χ4n) is 4.61. The van der Waals surface area contributed by atoms with Gasteiger partial charge >= 0.3 is 0 Å². The summed E-state index contributed by atoms with van der Waals surface area (Å²) in [7, 11) is 3.11. The Labute approximate surface area is 231 Å². The molecule has 9 nitrogen and oxygen atoms in total. The van der Waals surface area contributed by atoms with Crippen LogP contribution in [0.4, 0.5) is 0 Å². The molecule has 4 N–H and O–H groups in total. The van der Waals surface area contributed by atoms with Crippen molar-refractivity contribution in [3.8, 4) is 0 Å². The molecule has 1 aliphatic heterocycles. The number of amides is 1. The first-order chi connectivity index (χ1) is 18.4. The lowest BCUT2D eigenvalue weighted by molar-refractivity contribution is -0.120. The van der Waals surface area contributed by atoms with Gasteiger partial charge in [0.2, 0.25) is 11.6 Å². The van der Waals surface area contributed by atoms with Crippen molar-refractivity contribution in [1.82, 2.24) is 10.6 Å². The third kappa shape index (κ3) is 9.10. The Kier molecular flexibility index (Phi) is 12.5. The normalized spacial score (nSPS) is 32.4. The van der Waals surface area contributed by atoms with Gasteiger partial charge in [0, 0.05) is 49.8 Å². The maximum Gasteiger partial charge on any atom is 0.251 e. The summed E-state index contributed by atoms with van der Waals surface area (Å²) in [5.74, 6) is -1.85. The number of hydrogen-bond donors (Lipinski definition) is 4. The summed E-state index contributed by atoms with van der Waals surface area (Å²) >= 11 is 0. The maximum absolute atomic E-state index is 13.5. The van der Waals surface area contributed by atoms with Crippen molar-refractivity contribution in [2.45, 2.75) is 71.8 Å². The van der Waals surface area contributed by atoms with E-state index in [0.717, 1.165) is 11.6 Å². The standard InChI is InChI=1S/C30H43N2O7/c1-17-11-20(4)28(35)26(39-7)14-18(2)13-23-27(31-21(5)16-33)25(34)15-24(29(23)36)32-30(37)19(3)9-8-10-22(12-17)38-6/h8-12,15,18,20-22,26,28,31,33,35H,13-14,16H2,1-7H3,(H,32,37)/b10-8+,17-11+,19-9-/t18-,20+,21-,22-,26+,28-/m1/s1. The first-order valence-corrected chi connectivity index (χ1v) is 13.3. The number of ether oxygens (including phenoxy) is 2. The molecule has 0 fully saturated rings. The number of methoxy groups -OCH3 is 2. The summed E-state index contributed by atoms with van der Waals surface area (Å²) in [5, 5.41) is 26.2. The second kappa shape index (κ2) is 15.1. The van der Waals surface area contributed by atoms with Gasteiger partial charge in [-0.2, -0.15) is 0 Å². The lowest BCUT2D eigenvalue weighted by atomic mass is 9.85. The average Bonchev–Trinajstić information content (AvgIpc) is 2.89. The van der Waals surface area contributed by atoms with Crippen LogP contribution in [-0.4, -0.2) is 72.9 Å². The summed E-state index contributed by atoms with van der Waals surface area (Å²) in [5.41, 5.74) is 1.47. The van der Waals surface area contributed by atoms with Crippen molar-refractivity contribution in [3.63, 3.8) is 0 Å². The van der Waals surface area contributed by atoms with E-state index in [0.29, 0.717) is 12.0 Å². The number of aliphatic hydroxyl groups excluding tert-OH is 2. The zero-order chi connectivity index (χ0) is 29.3. The molecule has 39 heavy (non-hydrogen) atoms. The van der Waals surface area contributed by atoms with Crippen LogP contribution in [0.1, 0.15) is 47.5 Å².